The van der Waals surface area contributed by atoms with E-state index in [4.69, 9.17) is 0 Å². The van der Waals surface area contributed by atoms with Gasteiger partial charge in [0.1, 0.15) is 0 Å². The Kier molecular flexibility index (Phi) is 7.63. The molecule has 0 unspecified atom stereocenters. The van der Waals surface area contributed by atoms with Crippen molar-refractivity contribution < 1.29 is 0 Å². The molecule has 0 N–H and O–H groups in total. The second kappa shape index (κ2) is 12.7. The van der Waals surface area contributed by atoms with Crippen molar-refractivity contribution in [2.24, 2.45) is 0 Å². The van der Waals surface area contributed by atoms with Gasteiger partial charge in [0.05, 0.1) is 17.1 Å². The van der Waals surface area contributed by atoms with Gasteiger partial charge in [-0.25, -0.2) is 0 Å². The highest BCUT2D eigenvalue weighted by Gasteiger charge is 2.39. The average Bonchev–Trinajstić information content (AvgIpc) is 3.63. The van der Waals surface area contributed by atoms with Gasteiger partial charge in [0.2, 0.25) is 0 Å². The first kappa shape index (κ1) is 35.5. The Hall–Kier alpha value is -6.64. The van der Waals surface area contributed by atoms with Crippen LogP contribution < -0.4 is 9.80 Å². The minimum absolute atomic E-state index is 0.128. The van der Waals surface area contributed by atoms with E-state index in [1.54, 1.807) is 0 Å². The van der Waals surface area contributed by atoms with Gasteiger partial charge in [0.25, 0.3) is 0 Å². The van der Waals surface area contributed by atoms with Crippen LogP contribution in [0.3, 0.4) is 0 Å². The van der Waals surface area contributed by atoms with Crippen molar-refractivity contribution in [1.29, 1.82) is 0 Å². The number of anilines is 6. The van der Waals surface area contributed by atoms with Gasteiger partial charge in [-0.05, 0) is 116 Å². The number of hydrogen-bond acceptors (Lipinski definition) is 2. The molecule has 0 aromatic heterocycles. The summed E-state index contributed by atoms with van der Waals surface area (Å²) >= 11 is 0. The van der Waals surface area contributed by atoms with Crippen molar-refractivity contribution in [3.8, 4) is 33.4 Å². The highest BCUT2D eigenvalue weighted by Crippen LogP contribution is 2.56. The molecule has 1 aliphatic heterocycles. The predicted octanol–water partition coefficient (Wildman–Crippen LogP) is 15.5. The zero-order valence-electron chi connectivity index (χ0n) is 34.7. The molecule has 0 saturated heterocycles. The fraction of sp³-hybridized carbons (Fsp3) is 0.158. The van der Waals surface area contributed by atoms with Gasteiger partial charge in [-0.1, -0.05) is 169 Å². The molecular weight excluding hydrogens is 713 g/mol. The molecule has 0 bridgehead atoms. The molecular formula is C57H48N2. The standard InChI is InChI=1S/C57H48N2/c1-55(2)46-23-13-10-21-42(46)44-31-29-39(35-50(44)55)58(40-30-32-45-43-22-11-14-24-47(43)56(3,4)51(45)36-40)52-26-16-12-20-41(52)37-28-33-49-54(34-37)59(38-18-8-7-9-19-38)53-27-17-15-25-48(53)57(49,5)6/h7-36H,1-6H3. The number of rotatable bonds is 5. The third-order valence-corrected chi connectivity index (χ3v) is 13.9. The molecule has 2 nitrogen and oxygen atoms in total. The number of benzene rings is 8. The summed E-state index contributed by atoms with van der Waals surface area (Å²) in [6, 6.07) is 68.1. The molecule has 2 heteroatoms. The van der Waals surface area contributed by atoms with E-state index < -0.39 is 0 Å². The van der Waals surface area contributed by atoms with Gasteiger partial charge in [0.15, 0.2) is 0 Å². The monoisotopic (exact) mass is 760 g/mol. The highest BCUT2D eigenvalue weighted by molar-refractivity contribution is 5.95. The Bertz CT molecular complexity index is 2880. The zero-order valence-corrected chi connectivity index (χ0v) is 34.7. The number of para-hydroxylation sites is 3. The van der Waals surface area contributed by atoms with E-state index in [9.17, 15) is 0 Å². The van der Waals surface area contributed by atoms with Crippen molar-refractivity contribution in [2.45, 2.75) is 57.8 Å². The van der Waals surface area contributed by atoms with Crippen molar-refractivity contribution in [1.82, 2.24) is 0 Å². The molecule has 0 spiro atoms. The topological polar surface area (TPSA) is 6.48 Å². The van der Waals surface area contributed by atoms with E-state index in [2.05, 4.69) is 233 Å². The van der Waals surface area contributed by atoms with Crippen LogP contribution in [0.2, 0.25) is 0 Å². The molecule has 3 aliphatic rings. The number of fused-ring (bicyclic) bond motifs is 8. The lowest BCUT2D eigenvalue weighted by Crippen LogP contribution is -2.30. The first-order valence-corrected chi connectivity index (χ1v) is 21.0. The van der Waals surface area contributed by atoms with Gasteiger partial charge in [-0.2, -0.15) is 0 Å². The summed E-state index contributed by atoms with van der Waals surface area (Å²) in [6.45, 7) is 14.2. The molecule has 11 rings (SSSR count). The average molecular weight is 761 g/mol. The minimum atomic E-state index is -0.176. The largest absolute Gasteiger partial charge is 0.310 e. The Labute approximate surface area is 349 Å². The van der Waals surface area contributed by atoms with Gasteiger partial charge < -0.3 is 9.80 Å². The maximum Gasteiger partial charge on any atom is 0.0540 e. The first-order valence-electron chi connectivity index (χ1n) is 21.0. The van der Waals surface area contributed by atoms with Crippen LogP contribution in [0.25, 0.3) is 33.4 Å². The van der Waals surface area contributed by atoms with Crippen LogP contribution >= 0.6 is 0 Å². The summed E-state index contributed by atoms with van der Waals surface area (Å²) < 4.78 is 0. The van der Waals surface area contributed by atoms with Crippen LogP contribution in [0.15, 0.2) is 182 Å². The Balaban J connectivity index is 1.13. The molecule has 1 heterocycles. The van der Waals surface area contributed by atoms with E-state index in [-0.39, 0.29) is 16.2 Å². The zero-order chi connectivity index (χ0) is 40.3. The summed E-state index contributed by atoms with van der Waals surface area (Å²) in [7, 11) is 0. The van der Waals surface area contributed by atoms with Gasteiger partial charge in [0, 0.05) is 38.9 Å². The smallest absolute Gasteiger partial charge is 0.0540 e. The van der Waals surface area contributed by atoms with Crippen molar-refractivity contribution in [3.05, 3.63) is 215 Å². The quantitative estimate of drug-likeness (QED) is 0.172. The van der Waals surface area contributed by atoms with E-state index in [0.29, 0.717) is 0 Å². The summed E-state index contributed by atoms with van der Waals surface area (Å²) in [5, 5.41) is 0. The molecule has 0 amide bonds. The second-order valence-electron chi connectivity index (χ2n) is 18.2. The maximum absolute atomic E-state index is 2.52. The van der Waals surface area contributed by atoms with Crippen molar-refractivity contribution in [3.63, 3.8) is 0 Å². The third-order valence-electron chi connectivity index (χ3n) is 13.9. The molecule has 0 saturated carbocycles. The fourth-order valence-electron chi connectivity index (χ4n) is 10.7. The van der Waals surface area contributed by atoms with E-state index in [0.717, 1.165) is 22.7 Å². The van der Waals surface area contributed by atoms with Gasteiger partial charge in [-0.3, -0.25) is 0 Å². The van der Waals surface area contributed by atoms with Crippen LogP contribution in [0.5, 0.6) is 0 Å². The fourth-order valence-corrected chi connectivity index (χ4v) is 10.7. The van der Waals surface area contributed by atoms with Crippen LogP contribution in [0.1, 0.15) is 74.9 Å². The molecule has 59 heavy (non-hydrogen) atoms. The van der Waals surface area contributed by atoms with Crippen LogP contribution in [0.4, 0.5) is 34.1 Å². The molecule has 0 radical (unpaired) electrons. The van der Waals surface area contributed by atoms with E-state index in [1.165, 1.54) is 78.1 Å². The van der Waals surface area contributed by atoms with Gasteiger partial charge in [-0.15, -0.1) is 0 Å². The lowest BCUT2D eigenvalue weighted by molar-refractivity contribution is 0.632. The molecule has 8 aromatic carbocycles. The number of nitrogens with zero attached hydrogens (tertiary/aromatic N) is 2. The van der Waals surface area contributed by atoms with E-state index in [1.807, 2.05) is 0 Å². The lowest BCUT2D eigenvalue weighted by atomic mass is 9.73. The van der Waals surface area contributed by atoms with Crippen LogP contribution in [-0.4, -0.2) is 0 Å². The lowest BCUT2D eigenvalue weighted by Gasteiger charge is -2.42. The third kappa shape index (κ3) is 5.12. The first-order chi connectivity index (χ1) is 28.5. The maximum atomic E-state index is 2.52. The summed E-state index contributed by atoms with van der Waals surface area (Å²) in [5.74, 6) is 0. The molecule has 8 aromatic rings. The van der Waals surface area contributed by atoms with Crippen molar-refractivity contribution in [2.75, 3.05) is 9.80 Å². The number of hydrogen-bond donors (Lipinski definition) is 0. The van der Waals surface area contributed by atoms with E-state index >= 15 is 0 Å². The molecule has 2 aliphatic carbocycles. The molecule has 0 fully saturated rings. The van der Waals surface area contributed by atoms with Gasteiger partial charge >= 0.3 is 0 Å². The summed E-state index contributed by atoms with van der Waals surface area (Å²) in [4.78, 5) is 4.97. The van der Waals surface area contributed by atoms with Crippen molar-refractivity contribution >= 4 is 34.1 Å². The Morgan fingerprint density at radius 2 is 0.797 bits per heavy atom. The molecule has 0 atom stereocenters. The Morgan fingerprint density at radius 1 is 0.339 bits per heavy atom. The second-order valence-corrected chi connectivity index (χ2v) is 18.2. The summed E-state index contributed by atoms with van der Waals surface area (Å²) in [6.07, 6.45) is 0. The highest BCUT2D eigenvalue weighted by atomic mass is 15.2. The minimum Gasteiger partial charge on any atom is -0.310 e. The predicted molar refractivity (Wildman–Crippen MR) is 248 cm³/mol. The molecule has 286 valence electrons. The SMILES string of the molecule is CC1(C)c2ccccc2-c2ccc(N(c3ccc4c(c3)C(C)(C)c3ccccc3-4)c3ccccc3-c3ccc4c(c3)N(c3ccccc3)c3ccccc3C4(C)C)cc21. The Morgan fingerprint density at radius 3 is 1.41 bits per heavy atom. The van der Waals surface area contributed by atoms with Crippen LogP contribution in [-0.2, 0) is 16.2 Å². The normalized spacial score (nSPS) is 15.7. The summed E-state index contributed by atoms with van der Waals surface area (Å²) in [5.41, 5.74) is 22.5. The van der Waals surface area contributed by atoms with Crippen LogP contribution in [0, 0.1) is 0 Å².